The van der Waals surface area contributed by atoms with Gasteiger partial charge in [-0.05, 0) is 38.5 Å². The highest BCUT2D eigenvalue weighted by Crippen LogP contribution is 2.34. The number of carbonyl (C=O) groups is 1. The fraction of sp³-hybridized carbons (Fsp3) is 0.375. The summed E-state index contributed by atoms with van der Waals surface area (Å²) in [6.45, 7) is 5.20. The first-order chi connectivity index (χ1) is 9.87. The summed E-state index contributed by atoms with van der Waals surface area (Å²) in [6.07, 6.45) is 4.82. The van der Waals surface area contributed by atoms with Gasteiger partial charge in [-0.1, -0.05) is 12.2 Å². The van der Waals surface area contributed by atoms with Crippen LogP contribution >= 0.6 is 0 Å². The predicted octanol–water partition coefficient (Wildman–Crippen LogP) is 3.65. The molecular weight excluding hydrogens is 274 g/mol. The van der Waals surface area contributed by atoms with Gasteiger partial charge in [0.2, 0.25) is 5.91 Å². The van der Waals surface area contributed by atoms with E-state index in [0.29, 0.717) is 18.6 Å². The first-order valence-corrected chi connectivity index (χ1v) is 6.82. The molecule has 0 saturated heterocycles. The van der Waals surface area contributed by atoms with Crippen molar-refractivity contribution in [1.82, 2.24) is 5.01 Å². The predicted molar refractivity (Wildman–Crippen MR) is 77.9 cm³/mol. The lowest BCUT2D eigenvalue weighted by Crippen LogP contribution is -2.42. The van der Waals surface area contributed by atoms with Crippen LogP contribution in [0.4, 0.5) is 8.78 Å². The molecular formula is C16H18F2N2O. The van der Waals surface area contributed by atoms with Crippen LogP contribution < -0.4 is 0 Å². The molecule has 1 aliphatic rings. The van der Waals surface area contributed by atoms with Crippen LogP contribution in [0, 0.1) is 11.6 Å². The van der Waals surface area contributed by atoms with Crippen molar-refractivity contribution in [3.05, 3.63) is 47.5 Å². The molecule has 0 radical (unpaired) electrons. The molecule has 0 spiro atoms. The number of benzene rings is 1. The summed E-state index contributed by atoms with van der Waals surface area (Å²) in [5.74, 6) is -1.27. The topological polar surface area (TPSA) is 32.7 Å². The van der Waals surface area contributed by atoms with E-state index in [1.54, 1.807) is 0 Å². The van der Waals surface area contributed by atoms with Gasteiger partial charge >= 0.3 is 0 Å². The van der Waals surface area contributed by atoms with Crippen LogP contribution in [0.15, 0.2) is 35.5 Å². The standard InChI is InChI=1S/C16H18F2N2O/c1-4-5-8-16(3)10-15(19-20(16)11(2)21)13-9-12(17)6-7-14(13)18/h4-7,9H,8,10H2,1-3H3/b5-4+. The molecule has 3 nitrogen and oxygen atoms in total. The Hall–Kier alpha value is -2.04. The lowest BCUT2D eigenvalue weighted by atomic mass is 9.89. The number of halogens is 2. The van der Waals surface area contributed by atoms with Crippen molar-refractivity contribution in [3.8, 4) is 0 Å². The molecule has 5 heteroatoms. The zero-order valence-corrected chi connectivity index (χ0v) is 12.4. The Labute approximate surface area is 123 Å². The summed E-state index contributed by atoms with van der Waals surface area (Å²) < 4.78 is 27.2. The van der Waals surface area contributed by atoms with Crippen molar-refractivity contribution in [3.63, 3.8) is 0 Å². The van der Waals surface area contributed by atoms with Crippen LogP contribution in [-0.4, -0.2) is 22.2 Å². The molecule has 0 aromatic heterocycles. The van der Waals surface area contributed by atoms with E-state index in [4.69, 9.17) is 0 Å². The Morgan fingerprint density at radius 2 is 2.19 bits per heavy atom. The maximum absolute atomic E-state index is 13.9. The Kier molecular flexibility index (Phi) is 4.21. The molecule has 0 aliphatic carbocycles. The van der Waals surface area contributed by atoms with E-state index in [-0.39, 0.29) is 11.5 Å². The van der Waals surface area contributed by atoms with Gasteiger partial charge < -0.3 is 0 Å². The summed E-state index contributed by atoms with van der Waals surface area (Å²) in [4.78, 5) is 11.8. The number of allylic oxidation sites excluding steroid dienone is 1. The highest BCUT2D eigenvalue weighted by Gasteiger charge is 2.40. The molecule has 1 amide bonds. The minimum absolute atomic E-state index is 0.116. The van der Waals surface area contributed by atoms with Crippen LogP contribution in [0.2, 0.25) is 0 Å². The van der Waals surface area contributed by atoms with Gasteiger partial charge in [0.1, 0.15) is 11.6 Å². The molecule has 1 aliphatic heterocycles. The largest absolute Gasteiger partial charge is 0.273 e. The average molecular weight is 292 g/mol. The lowest BCUT2D eigenvalue weighted by Gasteiger charge is -2.30. The third-order valence-electron chi connectivity index (χ3n) is 3.61. The van der Waals surface area contributed by atoms with E-state index in [2.05, 4.69) is 5.10 Å². The molecule has 1 aromatic carbocycles. The number of hydrazone groups is 1. The van der Waals surface area contributed by atoms with Gasteiger partial charge in [-0.3, -0.25) is 4.79 Å². The van der Waals surface area contributed by atoms with Crippen LogP contribution in [0.25, 0.3) is 0 Å². The Morgan fingerprint density at radius 3 is 2.81 bits per heavy atom. The SMILES string of the molecule is C/C=C/CC1(C)CC(c2cc(F)ccc2F)=NN1C(C)=O. The third kappa shape index (κ3) is 3.01. The molecule has 2 rings (SSSR count). The molecule has 1 heterocycles. The van der Waals surface area contributed by atoms with Crippen LogP contribution in [0.5, 0.6) is 0 Å². The second-order valence-corrected chi connectivity index (χ2v) is 5.45. The molecule has 0 bridgehead atoms. The third-order valence-corrected chi connectivity index (χ3v) is 3.61. The Morgan fingerprint density at radius 1 is 1.48 bits per heavy atom. The molecule has 112 valence electrons. The second-order valence-electron chi connectivity index (χ2n) is 5.45. The average Bonchev–Trinajstić information content (AvgIpc) is 2.78. The van der Waals surface area contributed by atoms with E-state index >= 15 is 0 Å². The fourth-order valence-corrected chi connectivity index (χ4v) is 2.56. The van der Waals surface area contributed by atoms with Gasteiger partial charge in [0.25, 0.3) is 0 Å². The maximum atomic E-state index is 13.9. The zero-order valence-electron chi connectivity index (χ0n) is 12.4. The van der Waals surface area contributed by atoms with Crippen molar-refractivity contribution in [2.75, 3.05) is 0 Å². The van der Waals surface area contributed by atoms with Crippen molar-refractivity contribution in [2.45, 2.75) is 39.2 Å². The summed E-state index contributed by atoms with van der Waals surface area (Å²) >= 11 is 0. The van der Waals surface area contributed by atoms with Crippen molar-refractivity contribution < 1.29 is 13.6 Å². The highest BCUT2D eigenvalue weighted by molar-refractivity contribution is 6.03. The minimum atomic E-state index is -0.549. The summed E-state index contributed by atoms with van der Waals surface area (Å²) in [7, 11) is 0. The van der Waals surface area contributed by atoms with Gasteiger partial charge in [-0.2, -0.15) is 5.10 Å². The quantitative estimate of drug-likeness (QED) is 0.783. The van der Waals surface area contributed by atoms with Crippen molar-refractivity contribution in [1.29, 1.82) is 0 Å². The van der Waals surface area contributed by atoms with Gasteiger partial charge in [0.15, 0.2) is 0 Å². The zero-order chi connectivity index (χ0) is 15.6. The lowest BCUT2D eigenvalue weighted by molar-refractivity contribution is -0.133. The molecule has 0 N–H and O–H groups in total. The van der Waals surface area contributed by atoms with Crippen LogP contribution in [-0.2, 0) is 4.79 Å². The van der Waals surface area contributed by atoms with Gasteiger partial charge in [0, 0.05) is 18.9 Å². The molecule has 1 aromatic rings. The van der Waals surface area contributed by atoms with E-state index in [0.717, 1.165) is 18.2 Å². The fourth-order valence-electron chi connectivity index (χ4n) is 2.56. The highest BCUT2D eigenvalue weighted by atomic mass is 19.1. The Bertz CT molecular complexity index is 625. The van der Waals surface area contributed by atoms with Gasteiger partial charge in [0.05, 0.1) is 11.3 Å². The maximum Gasteiger partial charge on any atom is 0.240 e. The summed E-state index contributed by atoms with van der Waals surface area (Å²) in [5.41, 5.74) is -0.0356. The number of hydrogen-bond acceptors (Lipinski definition) is 2. The van der Waals surface area contributed by atoms with Gasteiger partial charge in [-0.25, -0.2) is 13.8 Å². The monoisotopic (exact) mass is 292 g/mol. The van der Waals surface area contributed by atoms with Gasteiger partial charge in [-0.15, -0.1) is 0 Å². The van der Waals surface area contributed by atoms with Crippen molar-refractivity contribution >= 4 is 11.6 Å². The van der Waals surface area contributed by atoms with Crippen LogP contribution in [0.3, 0.4) is 0 Å². The minimum Gasteiger partial charge on any atom is -0.273 e. The number of amides is 1. The molecule has 21 heavy (non-hydrogen) atoms. The number of hydrogen-bond donors (Lipinski definition) is 0. The number of rotatable bonds is 3. The van der Waals surface area contributed by atoms with E-state index in [1.165, 1.54) is 11.9 Å². The Balaban J connectivity index is 2.40. The van der Waals surface area contributed by atoms with E-state index in [9.17, 15) is 13.6 Å². The van der Waals surface area contributed by atoms with Crippen molar-refractivity contribution in [2.24, 2.45) is 5.10 Å². The number of nitrogens with zero attached hydrogens (tertiary/aromatic N) is 2. The first-order valence-electron chi connectivity index (χ1n) is 6.82. The van der Waals surface area contributed by atoms with E-state index < -0.39 is 17.2 Å². The molecule has 0 saturated carbocycles. The number of carbonyl (C=O) groups excluding carboxylic acids is 1. The molecule has 1 unspecified atom stereocenters. The normalized spacial score (nSPS) is 22.0. The molecule has 1 atom stereocenters. The second kappa shape index (κ2) is 5.76. The van der Waals surface area contributed by atoms with Crippen LogP contribution in [0.1, 0.15) is 39.2 Å². The first kappa shape index (κ1) is 15.4. The van der Waals surface area contributed by atoms with E-state index in [1.807, 2.05) is 26.0 Å². The smallest absolute Gasteiger partial charge is 0.240 e. The summed E-state index contributed by atoms with van der Waals surface area (Å²) in [6, 6.07) is 3.26. The molecule has 0 fully saturated rings. The summed E-state index contributed by atoms with van der Waals surface area (Å²) in [5, 5.41) is 5.59.